The molecule has 126 valence electrons. The van der Waals surface area contributed by atoms with E-state index in [1.54, 1.807) is 12.1 Å². The fraction of sp³-hybridized carbons (Fsp3) is 0.400. The highest BCUT2D eigenvalue weighted by Crippen LogP contribution is 2.28. The van der Waals surface area contributed by atoms with E-state index >= 15 is 0 Å². The third-order valence-electron chi connectivity index (χ3n) is 3.42. The molecule has 1 unspecified atom stereocenters. The zero-order valence-corrected chi connectivity index (χ0v) is 15.5. The lowest BCUT2D eigenvalue weighted by Gasteiger charge is -2.15. The number of aromatic nitrogens is 2. The monoisotopic (exact) mass is 375 g/mol. The Hall–Kier alpha value is -1.08. The number of hydrogen-bond acceptors (Lipinski definition) is 3. The van der Waals surface area contributed by atoms with Crippen molar-refractivity contribution in [2.45, 2.75) is 32.2 Å². The average molecular weight is 376 g/mol. The average Bonchev–Trinajstić information content (AvgIpc) is 2.77. The first-order valence-electron chi connectivity index (χ1n) is 7.15. The smallest absolute Gasteiger partial charge is 0.242 e. The third-order valence-corrected chi connectivity index (χ3v) is 5.81. The van der Waals surface area contributed by atoms with Crippen molar-refractivity contribution in [3.05, 3.63) is 45.7 Å². The Balaban J connectivity index is 2.04. The van der Waals surface area contributed by atoms with Gasteiger partial charge in [0.1, 0.15) is 4.90 Å². The van der Waals surface area contributed by atoms with Crippen LogP contribution < -0.4 is 4.72 Å². The summed E-state index contributed by atoms with van der Waals surface area (Å²) in [6, 6.07) is 6.53. The molecule has 5 nitrogen and oxygen atoms in total. The normalized spacial score (nSPS) is 13.3. The molecule has 0 amide bonds. The summed E-state index contributed by atoms with van der Waals surface area (Å²) in [5, 5.41) is 4.63. The predicted molar refractivity (Wildman–Crippen MR) is 92.5 cm³/mol. The SMILES string of the molecule is Cc1cc(C)n(CC(C)CNS(=O)(=O)c2cccc(Cl)c2Cl)n1. The molecule has 1 aromatic carbocycles. The van der Waals surface area contributed by atoms with Crippen LogP contribution in [0.15, 0.2) is 29.2 Å². The van der Waals surface area contributed by atoms with Gasteiger partial charge in [0.15, 0.2) is 0 Å². The van der Waals surface area contributed by atoms with E-state index in [0.717, 1.165) is 11.4 Å². The molecule has 0 aliphatic rings. The van der Waals surface area contributed by atoms with Gasteiger partial charge in [-0.3, -0.25) is 4.68 Å². The van der Waals surface area contributed by atoms with Gasteiger partial charge in [-0.25, -0.2) is 13.1 Å². The zero-order chi connectivity index (χ0) is 17.2. The van der Waals surface area contributed by atoms with Crippen LogP contribution >= 0.6 is 23.2 Å². The van der Waals surface area contributed by atoms with Gasteiger partial charge in [0.2, 0.25) is 10.0 Å². The van der Waals surface area contributed by atoms with Crippen LogP contribution in [0.4, 0.5) is 0 Å². The van der Waals surface area contributed by atoms with E-state index in [2.05, 4.69) is 9.82 Å². The zero-order valence-electron chi connectivity index (χ0n) is 13.2. The summed E-state index contributed by atoms with van der Waals surface area (Å²) in [5.74, 6) is 0.0701. The van der Waals surface area contributed by atoms with E-state index in [0.29, 0.717) is 6.54 Å². The number of nitrogens with one attached hydrogen (secondary N) is 1. The van der Waals surface area contributed by atoms with Crippen LogP contribution in [0, 0.1) is 19.8 Å². The number of aryl methyl sites for hydroxylation is 2. The molecule has 0 saturated carbocycles. The lowest BCUT2D eigenvalue weighted by molar-refractivity contribution is 0.436. The van der Waals surface area contributed by atoms with Crippen molar-refractivity contribution < 1.29 is 8.42 Å². The second-order valence-electron chi connectivity index (χ2n) is 5.62. The maximum Gasteiger partial charge on any atom is 0.242 e. The van der Waals surface area contributed by atoms with E-state index in [1.807, 2.05) is 31.5 Å². The van der Waals surface area contributed by atoms with Crippen molar-refractivity contribution in [2.24, 2.45) is 5.92 Å². The summed E-state index contributed by atoms with van der Waals surface area (Å²) in [6.45, 7) is 6.77. The first-order chi connectivity index (χ1) is 10.7. The summed E-state index contributed by atoms with van der Waals surface area (Å²) in [5.41, 5.74) is 2.00. The van der Waals surface area contributed by atoms with Crippen LogP contribution in [0.2, 0.25) is 10.0 Å². The third kappa shape index (κ3) is 4.47. The van der Waals surface area contributed by atoms with E-state index < -0.39 is 10.0 Å². The predicted octanol–water partition coefficient (Wildman–Crippen LogP) is 3.42. The lowest BCUT2D eigenvalue weighted by Crippen LogP contribution is -2.30. The van der Waals surface area contributed by atoms with Gasteiger partial charge in [-0.05, 0) is 38.0 Å². The number of benzene rings is 1. The number of hydrogen-bond donors (Lipinski definition) is 1. The molecule has 0 bridgehead atoms. The highest BCUT2D eigenvalue weighted by atomic mass is 35.5. The van der Waals surface area contributed by atoms with Gasteiger partial charge in [0.05, 0.1) is 15.7 Å². The van der Waals surface area contributed by atoms with Crippen LogP contribution in [-0.4, -0.2) is 24.7 Å². The van der Waals surface area contributed by atoms with Crippen molar-refractivity contribution in [2.75, 3.05) is 6.54 Å². The van der Waals surface area contributed by atoms with Crippen LogP contribution in [0.1, 0.15) is 18.3 Å². The van der Waals surface area contributed by atoms with Crippen molar-refractivity contribution in [3.63, 3.8) is 0 Å². The summed E-state index contributed by atoms with van der Waals surface area (Å²) in [7, 11) is -3.70. The van der Waals surface area contributed by atoms with Gasteiger partial charge in [-0.15, -0.1) is 0 Å². The Morgan fingerprint density at radius 1 is 1.30 bits per heavy atom. The topological polar surface area (TPSA) is 64.0 Å². The molecule has 1 N–H and O–H groups in total. The fourth-order valence-electron chi connectivity index (χ4n) is 2.24. The molecule has 0 aliphatic heterocycles. The van der Waals surface area contributed by atoms with E-state index in [4.69, 9.17) is 23.2 Å². The first kappa shape index (κ1) is 18.3. The van der Waals surface area contributed by atoms with Crippen molar-refractivity contribution in [1.82, 2.24) is 14.5 Å². The van der Waals surface area contributed by atoms with Gasteiger partial charge >= 0.3 is 0 Å². The number of sulfonamides is 1. The minimum absolute atomic E-state index is 0.00928. The van der Waals surface area contributed by atoms with Gasteiger partial charge < -0.3 is 0 Å². The van der Waals surface area contributed by atoms with Crippen LogP contribution in [-0.2, 0) is 16.6 Å². The van der Waals surface area contributed by atoms with Gasteiger partial charge in [0.25, 0.3) is 0 Å². The van der Waals surface area contributed by atoms with Crippen LogP contribution in [0.25, 0.3) is 0 Å². The second kappa shape index (κ2) is 7.21. The van der Waals surface area contributed by atoms with Gasteiger partial charge in [0, 0.05) is 18.8 Å². The summed E-state index contributed by atoms with van der Waals surface area (Å²) in [4.78, 5) is -0.00928. The molecular formula is C15H19Cl2N3O2S. The molecular weight excluding hydrogens is 357 g/mol. The summed E-state index contributed by atoms with van der Waals surface area (Å²) in [6.07, 6.45) is 0. The minimum Gasteiger partial charge on any atom is -0.269 e. The first-order valence-corrected chi connectivity index (χ1v) is 9.39. The molecule has 0 radical (unpaired) electrons. The van der Waals surface area contributed by atoms with Crippen molar-refractivity contribution >= 4 is 33.2 Å². The van der Waals surface area contributed by atoms with E-state index in [9.17, 15) is 8.42 Å². The van der Waals surface area contributed by atoms with Gasteiger partial charge in [-0.1, -0.05) is 36.2 Å². The lowest BCUT2D eigenvalue weighted by atomic mass is 10.2. The molecule has 0 fully saturated rings. The van der Waals surface area contributed by atoms with E-state index in [1.165, 1.54) is 6.07 Å². The Labute approximate surface area is 146 Å². The maximum atomic E-state index is 12.4. The second-order valence-corrected chi connectivity index (χ2v) is 8.14. The molecule has 8 heteroatoms. The molecule has 2 rings (SSSR count). The van der Waals surface area contributed by atoms with Crippen molar-refractivity contribution in [1.29, 1.82) is 0 Å². The highest BCUT2D eigenvalue weighted by Gasteiger charge is 2.20. The van der Waals surface area contributed by atoms with Crippen LogP contribution in [0.3, 0.4) is 0 Å². The largest absolute Gasteiger partial charge is 0.269 e. The quantitative estimate of drug-likeness (QED) is 0.840. The number of nitrogens with zero attached hydrogens (tertiary/aromatic N) is 2. The molecule has 0 saturated heterocycles. The van der Waals surface area contributed by atoms with Crippen molar-refractivity contribution in [3.8, 4) is 0 Å². The maximum absolute atomic E-state index is 12.4. The summed E-state index contributed by atoms with van der Waals surface area (Å²) < 4.78 is 29.2. The molecule has 0 aliphatic carbocycles. The molecule has 23 heavy (non-hydrogen) atoms. The molecule has 2 aromatic rings. The molecule has 0 spiro atoms. The molecule has 1 atom stereocenters. The minimum atomic E-state index is -3.70. The Bertz CT molecular complexity index is 803. The van der Waals surface area contributed by atoms with E-state index in [-0.39, 0.29) is 27.4 Å². The Morgan fingerprint density at radius 2 is 2.00 bits per heavy atom. The standard InChI is InChI=1S/C15H19Cl2N3O2S/c1-10(9-20-12(3)7-11(2)19-20)8-18-23(21,22)14-6-4-5-13(16)15(14)17/h4-7,10,18H,8-9H2,1-3H3. The highest BCUT2D eigenvalue weighted by molar-refractivity contribution is 7.89. The fourth-order valence-corrected chi connectivity index (χ4v) is 4.17. The van der Waals surface area contributed by atoms with Gasteiger partial charge in [-0.2, -0.15) is 5.10 Å². The number of rotatable bonds is 6. The molecule has 1 aromatic heterocycles. The summed E-state index contributed by atoms with van der Waals surface area (Å²) >= 11 is 11.9. The molecule has 1 heterocycles. The van der Waals surface area contributed by atoms with Crippen LogP contribution in [0.5, 0.6) is 0 Å². The Kier molecular flexibility index (Phi) is 5.73. The number of halogens is 2. The Morgan fingerprint density at radius 3 is 2.61 bits per heavy atom.